The summed E-state index contributed by atoms with van der Waals surface area (Å²) in [5, 5.41) is 0.693. The van der Waals surface area contributed by atoms with Crippen molar-refractivity contribution in [2.75, 3.05) is 22.9 Å². The summed E-state index contributed by atoms with van der Waals surface area (Å²) in [4.78, 5) is 13.0. The zero-order valence-corrected chi connectivity index (χ0v) is 20.8. The largest absolute Gasteiger partial charge is 0.353 e. The number of benzene rings is 3. The third-order valence-electron chi connectivity index (χ3n) is 7.30. The van der Waals surface area contributed by atoms with E-state index in [-0.39, 0.29) is 17.7 Å². The average molecular weight is 505 g/mol. The molecule has 1 N–H and O–H groups in total. The molecule has 1 saturated heterocycles. The van der Waals surface area contributed by atoms with Crippen LogP contribution in [0.4, 0.5) is 26.0 Å². The number of halogens is 3. The van der Waals surface area contributed by atoms with Gasteiger partial charge in [0, 0.05) is 35.1 Å². The van der Waals surface area contributed by atoms with Gasteiger partial charge in [-0.2, -0.15) is 0 Å². The van der Waals surface area contributed by atoms with E-state index in [0.29, 0.717) is 17.9 Å². The number of anilines is 3. The molecule has 4 aromatic rings. The zero-order valence-electron chi connectivity index (χ0n) is 20.1. The van der Waals surface area contributed by atoms with Crippen LogP contribution >= 0.6 is 11.6 Å². The molecular weight excluding hydrogens is 478 g/mol. The molecule has 36 heavy (non-hydrogen) atoms. The molecule has 7 heteroatoms. The quantitative estimate of drug-likeness (QED) is 0.320. The lowest BCUT2D eigenvalue weighted by Crippen LogP contribution is -2.47. The first-order valence-electron chi connectivity index (χ1n) is 12.4. The molecule has 0 amide bonds. The molecule has 2 aliphatic heterocycles. The van der Waals surface area contributed by atoms with Crippen LogP contribution in [0.1, 0.15) is 29.7 Å². The van der Waals surface area contributed by atoms with Crippen molar-refractivity contribution in [2.24, 2.45) is 0 Å². The first kappa shape index (κ1) is 23.0. The van der Waals surface area contributed by atoms with E-state index in [1.54, 1.807) is 12.1 Å². The summed E-state index contributed by atoms with van der Waals surface area (Å²) in [6, 6.07) is 17.9. The molecule has 1 aromatic heterocycles. The second-order valence-electron chi connectivity index (χ2n) is 9.70. The molecule has 6 rings (SSSR count). The number of rotatable bonds is 3. The second kappa shape index (κ2) is 9.25. The molecule has 0 saturated carbocycles. The number of fused-ring (bicyclic) bond motifs is 2. The van der Waals surface area contributed by atoms with Crippen LogP contribution in [-0.2, 0) is 12.8 Å². The fourth-order valence-electron chi connectivity index (χ4n) is 5.63. The number of piperidine rings is 1. The van der Waals surface area contributed by atoms with Gasteiger partial charge in [0.2, 0.25) is 0 Å². The fourth-order valence-corrected chi connectivity index (χ4v) is 5.76. The molecule has 3 aromatic carbocycles. The average Bonchev–Trinajstić information content (AvgIpc) is 3.19. The van der Waals surface area contributed by atoms with Crippen LogP contribution in [0, 0.1) is 18.6 Å². The molecule has 0 bridgehead atoms. The molecule has 3 heterocycles. The Labute approximate surface area is 214 Å². The Morgan fingerprint density at radius 1 is 0.917 bits per heavy atom. The molecule has 184 valence electrons. The highest BCUT2D eigenvalue weighted by molar-refractivity contribution is 6.30. The van der Waals surface area contributed by atoms with E-state index in [1.807, 2.05) is 43.3 Å². The number of imidazole rings is 1. The Hall–Kier alpha value is -3.38. The predicted molar refractivity (Wildman–Crippen MR) is 141 cm³/mol. The Morgan fingerprint density at radius 3 is 2.19 bits per heavy atom. The van der Waals surface area contributed by atoms with Gasteiger partial charge in [0.15, 0.2) is 0 Å². The number of aromatic amines is 1. The van der Waals surface area contributed by atoms with Crippen molar-refractivity contribution in [2.45, 2.75) is 38.6 Å². The van der Waals surface area contributed by atoms with Gasteiger partial charge in [-0.1, -0.05) is 11.6 Å². The summed E-state index contributed by atoms with van der Waals surface area (Å²) in [7, 11) is 0. The van der Waals surface area contributed by atoms with Crippen molar-refractivity contribution in [3.63, 3.8) is 0 Å². The third-order valence-corrected chi connectivity index (χ3v) is 7.56. The first-order chi connectivity index (χ1) is 17.5. The number of H-pyrrole nitrogens is 1. The maximum absolute atomic E-state index is 14.2. The minimum absolute atomic E-state index is 0.139. The maximum Gasteiger partial charge on any atom is 0.150 e. The van der Waals surface area contributed by atoms with Crippen LogP contribution in [-0.4, -0.2) is 29.1 Å². The first-order valence-corrected chi connectivity index (χ1v) is 12.8. The van der Waals surface area contributed by atoms with E-state index in [0.717, 1.165) is 71.3 Å². The summed E-state index contributed by atoms with van der Waals surface area (Å²) in [6.45, 7) is 3.72. The van der Waals surface area contributed by atoms with Crippen LogP contribution in [0.3, 0.4) is 0 Å². The molecule has 0 spiro atoms. The fraction of sp³-hybridized carbons (Fsp3) is 0.276. The van der Waals surface area contributed by atoms with Gasteiger partial charge in [0.1, 0.15) is 23.3 Å². The number of nitrogens with one attached hydrogen (secondary N) is 1. The van der Waals surface area contributed by atoms with Crippen molar-refractivity contribution < 1.29 is 8.78 Å². The van der Waals surface area contributed by atoms with Crippen LogP contribution in [0.2, 0.25) is 5.02 Å². The summed E-state index contributed by atoms with van der Waals surface area (Å²) in [6.07, 6.45) is 3.34. The van der Waals surface area contributed by atoms with Crippen molar-refractivity contribution in [1.29, 1.82) is 0 Å². The van der Waals surface area contributed by atoms with Crippen molar-refractivity contribution in [1.82, 2.24) is 9.97 Å². The molecule has 0 aliphatic carbocycles. The van der Waals surface area contributed by atoms with E-state index >= 15 is 0 Å². The van der Waals surface area contributed by atoms with Gasteiger partial charge >= 0.3 is 0 Å². The molecule has 1 fully saturated rings. The van der Waals surface area contributed by atoms with Crippen molar-refractivity contribution in [3.8, 4) is 11.4 Å². The lowest BCUT2D eigenvalue weighted by Gasteiger charge is -2.41. The van der Waals surface area contributed by atoms with Crippen LogP contribution in [0.15, 0.2) is 60.7 Å². The standard InChI is InChI=1S/C29H27ClF2N4/c1-18-29(34-28(33-18)19-6-8-22(30)9-7-19)35-14-2-3-25(17-35)36-26-12-10-23(31)15-20(26)4-5-21-16-24(32)11-13-27(21)36/h6-13,15-16,25H,2-5,14,17H2,1H3,(H,33,34). The maximum atomic E-state index is 14.2. The van der Waals surface area contributed by atoms with Gasteiger partial charge < -0.3 is 14.8 Å². The normalized spacial score (nSPS) is 17.5. The Morgan fingerprint density at radius 2 is 1.56 bits per heavy atom. The molecule has 0 radical (unpaired) electrons. The highest BCUT2D eigenvalue weighted by Gasteiger charge is 2.32. The Balaban J connectivity index is 1.36. The summed E-state index contributed by atoms with van der Waals surface area (Å²) >= 11 is 6.06. The number of aryl methyl sites for hydroxylation is 3. The van der Waals surface area contributed by atoms with E-state index in [1.165, 1.54) is 12.1 Å². The minimum atomic E-state index is -0.238. The van der Waals surface area contributed by atoms with E-state index in [2.05, 4.69) is 14.8 Å². The molecule has 1 unspecified atom stereocenters. The molecule has 2 aliphatic rings. The number of hydrogen-bond donors (Lipinski definition) is 1. The smallest absolute Gasteiger partial charge is 0.150 e. The van der Waals surface area contributed by atoms with Gasteiger partial charge in [-0.3, -0.25) is 0 Å². The minimum Gasteiger partial charge on any atom is -0.353 e. The van der Waals surface area contributed by atoms with Gasteiger partial charge in [-0.15, -0.1) is 0 Å². The topological polar surface area (TPSA) is 35.2 Å². The predicted octanol–water partition coefficient (Wildman–Crippen LogP) is 7.22. The molecule has 4 nitrogen and oxygen atoms in total. The zero-order chi connectivity index (χ0) is 24.8. The lowest BCUT2D eigenvalue weighted by molar-refractivity contribution is 0.495. The number of aromatic nitrogens is 2. The molecular formula is C29H27ClF2N4. The summed E-state index contributed by atoms with van der Waals surface area (Å²) in [5.41, 5.74) is 5.95. The van der Waals surface area contributed by atoms with Gasteiger partial charge in [0.25, 0.3) is 0 Å². The van der Waals surface area contributed by atoms with Gasteiger partial charge in [-0.05, 0) is 104 Å². The van der Waals surface area contributed by atoms with E-state index < -0.39 is 0 Å². The van der Waals surface area contributed by atoms with Crippen molar-refractivity contribution >= 4 is 28.8 Å². The highest BCUT2D eigenvalue weighted by atomic mass is 35.5. The van der Waals surface area contributed by atoms with Crippen LogP contribution in [0.25, 0.3) is 11.4 Å². The number of hydrogen-bond acceptors (Lipinski definition) is 3. The monoisotopic (exact) mass is 504 g/mol. The SMILES string of the molecule is Cc1[nH]c(-c2ccc(Cl)cc2)nc1N1CCCC(N2c3ccc(F)cc3CCc3cc(F)ccc32)C1. The van der Waals surface area contributed by atoms with Gasteiger partial charge in [0.05, 0.1) is 11.7 Å². The lowest BCUT2D eigenvalue weighted by atomic mass is 10.0. The van der Waals surface area contributed by atoms with Crippen LogP contribution < -0.4 is 9.80 Å². The Kier molecular flexibility index (Phi) is 5.92. The molecule has 1 atom stereocenters. The van der Waals surface area contributed by atoms with Crippen LogP contribution in [0.5, 0.6) is 0 Å². The number of nitrogens with zero attached hydrogens (tertiary/aromatic N) is 3. The third kappa shape index (κ3) is 4.24. The summed E-state index contributed by atoms with van der Waals surface area (Å²) < 4.78 is 28.4. The van der Waals surface area contributed by atoms with Gasteiger partial charge in [-0.25, -0.2) is 13.8 Å². The van der Waals surface area contributed by atoms with Crippen molar-refractivity contribution in [3.05, 3.63) is 94.1 Å². The second-order valence-corrected chi connectivity index (χ2v) is 10.1. The highest BCUT2D eigenvalue weighted by Crippen LogP contribution is 2.40. The van der Waals surface area contributed by atoms with E-state index in [9.17, 15) is 8.78 Å². The summed E-state index contributed by atoms with van der Waals surface area (Å²) in [5.74, 6) is 1.28. The van der Waals surface area contributed by atoms with E-state index in [4.69, 9.17) is 16.6 Å². The Bertz CT molecular complexity index is 1360.